The molecule has 0 radical (unpaired) electrons. The molecule has 96 valence electrons. The maximum absolute atomic E-state index is 12.7. The van der Waals surface area contributed by atoms with E-state index in [-0.39, 0.29) is 17.9 Å². The molecular weight excluding hydrogens is 238 g/mol. The summed E-state index contributed by atoms with van der Waals surface area (Å²) in [6, 6.07) is 5.79. The van der Waals surface area contributed by atoms with E-state index in [1.54, 1.807) is 12.1 Å². The largest absolute Gasteiger partial charge is 0.344 e. The molecule has 0 amide bonds. The summed E-state index contributed by atoms with van der Waals surface area (Å²) in [5.41, 5.74) is 0.723. The summed E-state index contributed by atoms with van der Waals surface area (Å²) >= 11 is 0. The molecule has 1 aromatic rings. The van der Waals surface area contributed by atoms with E-state index < -0.39 is 7.37 Å². The predicted molar refractivity (Wildman–Crippen MR) is 68.9 cm³/mol. The lowest BCUT2D eigenvalue weighted by atomic mass is 10.1. The van der Waals surface area contributed by atoms with Crippen LogP contribution in [-0.2, 0) is 10.7 Å². The fourth-order valence-corrected chi connectivity index (χ4v) is 4.08. The van der Waals surface area contributed by atoms with E-state index in [2.05, 4.69) is 6.92 Å². The summed E-state index contributed by atoms with van der Waals surface area (Å²) in [4.78, 5) is 9.90. The van der Waals surface area contributed by atoms with Gasteiger partial charge in [0.1, 0.15) is 5.82 Å². The van der Waals surface area contributed by atoms with E-state index in [1.165, 1.54) is 12.1 Å². The smallest absolute Gasteiger partial charge is 0.205 e. The second-order valence-electron chi connectivity index (χ2n) is 4.71. The van der Waals surface area contributed by atoms with E-state index in [9.17, 15) is 13.8 Å². The average Bonchev–Trinajstić information content (AvgIpc) is 2.20. The highest BCUT2D eigenvalue weighted by Crippen LogP contribution is 2.46. The highest BCUT2D eigenvalue weighted by atomic mass is 31.2. The molecule has 0 saturated heterocycles. The third-order valence-corrected chi connectivity index (χ3v) is 4.77. The van der Waals surface area contributed by atoms with Gasteiger partial charge >= 0.3 is 0 Å². The SMILES string of the molecule is CCCC(C)CP(=O)(O)Cc1ccc(F)cc1. The molecule has 0 aliphatic rings. The van der Waals surface area contributed by atoms with Gasteiger partial charge in [0.15, 0.2) is 0 Å². The van der Waals surface area contributed by atoms with Gasteiger partial charge in [-0.2, -0.15) is 0 Å². The van der Waals surface area contributed by atoms with Crippen molar-refractivity contribution in [3.63, 3.8) is 0 Å². The highest BCUT2D eigenvalue weighted by molar-refractivity contribution is 7.57. The van der Waals surface area contributed by atoms with Gasteiger partial charge in [-0.25, -0.2) is 4.39 Å². The zero-order chi connectivity index (χ0) is 12.9. The second-order valence-corrected chi connectivity index (χ2v) is 7.08. The first-order chi connectivity index (χ1) is 7.93. The minimum Gasteiger partial charge on any atom is -0.344 e. The van der Waals surface area contributed by atoms with E-state index >= 15 is 0 Å². The Hall–Kier alpha value is -0.660. The summed E-state index contributed by atoms with van der Waals surface area (Å²) in [6.45, 7) is 4.07. The van der Waals surface area contributed by atoms with Crippen LogP contribution in [0.4, 0.5) is 4.39 Å². The fourth-order valence-electron chi connectivity index (χ4n) is 2.01. The van der Waals surface area contributed by atoms with Crippen molar-refractivity contribution >= 4 is 7.37 Å². The number of rotatable bonds is 6. The third kappa shape index (κ3) is 5.47. The molecular formula is C13H20FO2P. The topological polar surface area (TPSA) is 37.3 Å². The van der Waals surface area contributed by atoms with Crippen LogP contribution in [0.25, 0.3) is 0 Å². The molecule has 0 aliphatic carbocycles. The Balaban J connectivity index is 2.59. The molecule has 0 aromatic heterocycles. The zero-order valence-electron chi connectivity index (χ0n) is 10.4. The maximum Gasteiger partial charge on any atom is 0.205 e. The molecule has 2 atom stereocenters. The fraction of sp³-hybridized carbons (Fsp3) is 0.538. The lowest BCUT2D eigenvalue weighted by Crippen LogP contribution is -2.04. The Bertz CT molecular complexity index is 389. The van der Waals surface area contributed by atoms with Gasteiger partial charge < -0.3 is 4.89 Å². The number of hydrogen-bond donors (Lipinski definition) is 1. The van der Waals surface area contributed by atoms with Crippen LogP contribution in [0.5, 0.6) is 0 Å². The Morgan fingerprint density at radius 2 is 1.94 bits per heavy atom. The van der Waals surface area contributed by atoms with Crippen molar-refractivity contribution < 1.29 is 13.8 Å². The van der Waals surface area contributed by atoms with Crippen molar-refractivity contribution in [1.82, 2.24) is 0 Å². The van der Waals surface area contributed by atoms with Crippen molar-refractivity contribution in [1.29, 1.82) is 0 Å². The minimum absolute atomic E-state index is 0.140. The van der Waals surface area contributed by atoms with Crippen LogP contribution >= 0.6 is 7.37 Å². The molecule has 0 fully saturated rings. The van der Waals surface area contributed by atoms with Crippen LogP contribution in [0.15, 0.2) is 24.3 Å². The number of hydrogen-bond acceptors (Lipinski definition) is 1. The molecule has 4 heteroatoms. The Kier molecular flexibility index (Phi) is 5.35. The van der Waals surface area contributed by atoms with Crippen LogP contribution in [-0.4, -0.2) is 11.1 Å². The van der Waals surface area contributed by atoms with Gasteiger partial charge in [0.2, 0.25) is 7.37 Å². The second kappa shape index (κ2) is 6.32. The lowest BCUT2D eigenvalue weighted by Gasteiger charge is -2.16. The van der Waals surface area contributed by atoms with E-state index in [0.29, 0.717) is 6.16 Å². The average molecular weight is 258 g/mol. The van der Waals surface area contributed by atoms with Gasteiger partial charge in [0.25, 0.3) is 0 Å². The molecule has 17 heavy (non-hydrogen) atoms. The molecule has 0 heterocycles. The van der Waals surface area contributed by atoms with Crippen LogP contribution in [0, 0.1) is 11.7 Å². The molecule has 1 rings (SSSR count). The monoisotopic (exact) mass is 258 g/mol. The van der Waals surface area contributed by atoms with Crippen molar-refractivity contribution in [2.75, 3.05) is 6.16 Å². The molecule has 2 nitrogen and oxygen atoms in total. The number of halogens is 1. The molecule has 2 unspecified atom stereocenters. The molecule has 0 spiro atoms. The molecule has 0 saturated carbocycles. The van der Waals surface area contributed by atoms with Crippen LogP contribution in [0.2, 0.25) is 0 Å². The molecule has 0 bridgehead atoms. The molecule has 1 N–H and O–H groups in total. The highest BCUT2D eigenvalue weighted by Gasteiger charge is 2.21. The molecule has 1 aromatic carbocycles. The lowest BCUT2D eigenvalue weighted by molar-refractivity contribution is 0.457. The van der Waals surface area contributed by atoms with E-state index in [1.807, 2.05) is 6.92 Å². The van der Waals surface area contributed by atoms with E-state index in [0.717, 1.165) is 18.4 Å². The van der Waals surface area contributed by atoms with Gasteiger partial charge in [-0.05, 0) is 23.6 Å². The van der Waals surface area contributed by atoms with Gasteiger partial charge in [0.05, 0.1) is 0 Å². The summed E-state index contributed by atoms with van der Waals surface area (Å²) in [7, 11) is -3.14. The first kappa shape index (κ1) is 14.4. The van der Waals surface area contributed by atoms with Crippen molar-refractivity contribution in [2.24, 2.45) is 5.92 Å². The predicted octanol–water partition coefficient (Wildman–Crippen LogP) is 4.03. The van der Waals surface area contributed by atoms with Crippen molar-refractivity contribution in [2.45, 2.75) is 32.9 Å². The van der Waals surface area contributed by atoms with Crippen molar-refractivity contribution in [3.8, 4) is 0 Å². The summed E-state index contributed by atoms with van der Waals surface area (Å²) in [5, 5.41) is 0. The van der Waals surface area contributed by atoms with Crippen LogP contribution in [0.1, 0.15) is 32.3 Å². The quantitative estimate of drug-likeness (QED) is 0.782. The first-order valence-electron chi connectivity index (χ1n) is 5.98. The number of benzene rings is 1. The van der Waals surface area contributed by atoms with Gasteiger partial charge in [-0.15, -0.1) is 0 Å². The van der Waals surface area contributed by atoms with Crippen LogP contribution in [0.3, 0.4) is 0 Å². The van der Waals surface area contributed by atoms with Gasteiger partial charge in [-0.1, -0.05) is 38.8 Å². The Morgan fingerprint density at radius 1 is 1.35 bits per heavy atom. The van der Waals surface area contributed by atoms with Gasteiger partial charge in [0, 0.05) is 12.3 Å². The standard InChI is InChI=1S/C13H20FO2P/c1-3-4-11(2)9-17(15,16)10-12-5-7-13(14)8-6-12/h5-8,11H,3-4,9-10H2,1-2H3,(H,15,16). The Labute approximate surface area is 102 Å². The summed E-state index contributed by atoms with van der Waals surface area (Å²) < 4.78 is 24.7. The minimum atomic E-state index is -3.14. The van der Waals surface area contributed by atoms with Crippen molar-refractivity contribution in [3.05, 3.63) is 35.6 Å². The maximum atomic E-state index is 12.7. The van der Waals surface area contributed by atoms with Gasteiger partial charge in [-0.3, -0.25) is 4.57 Å². The normalized spacial score (nSPS) is 16.5. The Morgan fingerprint density at radius 3 is 2.47 bits per heavy atom. The summed E-state index contributed by atoms with van der Waals surface area (Å²) in [5.74, 6) is -0.0582. The zero-order valence-corrected chi connectivity index (χ0v) is 11.3. The van der Waals surface area contributed by atoms with Crippen LogP contribution < -0.4 is 0 Å². The first-order valence-corrected chi connectivity index (χ1v) is 8.01. The molecule has 0 aliphatic heterocycles. The summed E-state index contributed by atoms with van der Waals surface area (Å²) in [6.07, 6.45) is 2.48. The van der Waals surface area contributed by atoms with E-state index in [4.69, 9.17) is 0 Å². The third-order valence-electron chi connectivity index (χ3n) is 2.72.